The Morgan fingerprint density at radius 1 is 1.09 bits per heavy atom. The molecule has 2 aliphatic heterocycles. The molecule has 1 saturated carbocycles. The Kier molecular flexibility index (Phi) is 6.11. The van der Waals surface area contributed by atoms with Crippen molar-refractivity contribution in [1.29, 1.82) is 0 Å². The second kappa shape index (κ2) is 8.96. The van der Waals surface area contributed by atoms with Gasteiger partial charge < -0.3 is 15.1 Å². The van der Waals surface area contributed by atoms with Crippen LogP contribution in [0.2, 0.25) is 0 Å². The molecule has 1 N–H and O–H groups in total. The van der Waals surface area contributed by atoms with Crippen molar-refractivity contribution in [2.75, 3.05) is 31.1 Å². The highest BCUT2D eigenvalue weighted by molar-refractivity contribution is 5.76. The molecule has 3 aliphatic rings. The van der Waals surface area contributed by atoms with Crippen LogP contribution in [0.25, 0.3) is 0 Å². The van der Waals surface area contributed by atoms with E-state index in [1.807, 2.05) is 24.8 Å². The number of hydrogen-bond donors (Lipinski definition) is 1. The number of carbonyl (C=O) groups is 1. The summed E-state index contributed by atoms with van der Waals surface area (Å²) >= 11 is 0. The average molecular weight is 489 g/mol. The number of hydrogen-bond acceptors (Lipinski definition) is 5. The lowest BCUT2D eigenvalue weighted by Crippen LogP contribution is -2.68. The Hall–Kier alpha value is -2.88. The van der Waals surface area contributed by atoms with E-state index in [1.165, 1.54) is 11.8 Å². The number of alkyl halides is 3. The number of urea groups is 1. The van der Waals surface area contributed by atoms with Crippen LogP contribution in [-0.4, -0.2) is 70.1 Å². The van der Waals surface area contributed by atoms with E-state index in [9.17, 15) is 18.0 Å². The predicted octanol–water partition coefficient (Wildman–Crippen LogP) is 3.77. The number of carbonyl (C=O) groups excluding carboxylic acids is 1. The van der Waals surface area contributed by atoms with Crippen molar-refractivity contribution in [2.45, 2.75) is 57.5 Å². The third-order valence-corrected chi connectivity index (χ3v) is 7.44. The number of rotatable bonds is 4. The molecule has 5 rings (SSSR count). The molecule has 3 fully saturated rings. The van der Waals surface area contributed by atoms with Crippen molar-refractivity contribution in [3.05, 3.63) is 54.0 Å². The zero-order valence-corrected chi connectivity index (χ0v) is 20.0. The highest BCUT2D eigenvalue weighted by atomic mass is 19.4. The topological polar surface area (TPSA) is 64.6 Å². The van der Waals surface area contributed by atoms with E-state index in [4.69, 9.17) is 0 Å². The average Bonchev–Trinajstić information content (AvgIpc) is 2.76. The number of nitrogens with one attached hydrogen (secondary N) is 1. The highest BCUT2D eigenvalue weighted by Gasteiger charge is 2.52. The molecular weight excluding hydrogens is 457 g/mol. The normalized spacial score (nSPS) is 24.7. The lowest BCUT2D eigenvalue weighted by Gasteiger charge is -2.59. The van der Waals surface area contributed by atoms with Crippen molar-refractivity contribution in [3.63, 3.8) is 0 Å². The maximum Gasteiger partial charge on any atom is 0.434 e. The van der Waals surface area contributed by atoms with Gasteiger partial charge in [-0.25, -0.2) is 9.78 Å². The maximum atomic E-state index is 13.1. The molecule has 1 aromatic carbocycles. The lowest BCUT2D eigenvalue weighted by atomic mass is 9.60. The van der Waals surface area contributed by atoms with E-state index in [-0.39, 0.29) is 30.0 Å². The van der Waals surface area contributed by atoms with Gasteiger partial charge in [-0.3, -0.25) is 9.88 Å². The monoisotopic (exact) mass is 488 g/mol. The fourth-order valence-corrected chi connectivity index (χ4v) is 6.01. The summed E-state index contributed by atoms with van der Waals surface area (Å²) in [6.07, 6.45) is -0.480. The van der Waals surface area contributed by atoms with Crippen LogP contribution >= 0.6 is 0 Å². The van der Waals surface area contributed by atoms with Gasteiger partial charge >= 0.3 is 12.2 Å². The van der Waals surface area contributed by atoms with E-state index >= 15 is 0 Å². The SMILES string of the molecule is C[C@@H]1CN(c2cncc(C(F)(F)F)n2)C[C@H](C)N1C(=O)NC1CC2(C1)CN(Cc1ccccc1)C2. The van der Waals surface area contributed by atoms with Crippen molar-refractivity contribution in [1.82, 2.24) is 25.1 Å². The number of nitrogens with zero attached hydrogens (tertiary/aromatic N) is 5. The molecule has 0 bridgehead atoms. The van der Waals surface area contributed by atoms with Crippen LogP contribution in [0.5, 0.6) is 0 Å². The second-order valence-corrected chi connectivity index (χ2v) is 10.5. The minimum atomic E-state index is -4.54. The Bertz CT molecular complexity index is 1040. The second-order valence-electron chi connectivity index (χ2n) is 10.5. The van der Waals surface area contributed by atoms with Gasteiger partial charge in [-0.2, -0.15) is 13.2 Å². The Balaban J connectivity index is 1.11. The molecule has 2 amide bonds. The highest BCUT2D eigenvalue weighted by Crippen LogP contribution is 2.48. The minimum absolute atomic E-state index is 0.0971. The summed E-state index contributed by atoms with van der Waals surface area (Å²) in [4.78, 5) is 26.6. The largest absolute Gasteiger partial charge is 0.434 e. The van der Waals surface area contributed by atoms with Crippen LogP contribution in [-0.2, 0) is 12.7 Å². The van der Waals surface area contributed by atoms with Gasteiger partial charge in [0.05, 0.1) is 12.4 Å². The molecule has 2 aromatic rings. The summed E-state index contributed by atoms with van der Waals surface area (Å²) in [5.41, 5.74) is 0.641. The molecule has 10 heteroatoms. The molecule has 188 valence electrons. The fourth-order valence-electron chi connectivity index (χ4n) is 6.01. The molecule has 2 atom stereocenters. The summed E-state index contributed by atoms with van der Waals surface area (Å²) < 4.78 is 39.1. The Labute approximate surface area is 203 Å². The summed E-state index contributed by atoms with van der Waals surface area (Å²) in [7, 11) is 0. The third-order valence-electron chi connectivity index (χ3n) is 7.44. The molecule has 1 aliphatic carbocycles. The zero-order valence-electron chi connectivity index (χ0n) is 20.0. The van der Waals surface area contributed by atoms with E-state index in [0.29, 0.717) is 18.5 Å². The maximum absolute atomic E-state index is 13.1. The van der Waals surface area contributed by atoms with Gasteiger partial charge in [0.2, 0.25) is 0 Å². The van der Waals surface area contributed by atoms with E-state index in [2.05, 4.69) is 44.5 Å². The van der Waals surface area contributed by atoms with Crippen LogP contribution in [0.15, 0.2) is 42.7 Å². The van der Waals surface area contributed by atoms with Gasteiger partial charge in [-0.15, -0.1) is 0 Å². The number of likely N-dealkylation sites (tertiary alicyclic amines) is 1. The molecular formula is C25H31F3N6O. The lowest BCUT2D eigenvalue weighted by molar-refractivity contribution is -0.141. The van der Waals surface area contributed by atoms with Crippen LogP contribution < -0.4 is 10.2 Å². The molecule has 2 saturated heterocycles. The van der Waals surface area contributed by atoms with Crippen molar-refractivity contribution >= 4 is 11.8 Å². The quantitative estimate of drug-likeness (QED) is 0.710. The molecule has 1 spiro atoms. The first-order valence-electron chi connectivity index (χ1n) is 12.1. The minimum Gasteiger partial charge on any atom is -0.351 e. The van der Waals surface area contributed by atoms with Gasteiger partial charge in [0.25, 0.3) is 0 Å². The number of benzene rings is 1. The fraction of sp³-hybridized carbons (Fsp3) is 0.560. The molecule has 1 aromatic heterocycles. The van der Waals surface area contributed by atoms with Crippen molar-refractivity contribution in [3.8, 4) is 0 Å². The molecule has 35 heavy (non-hydrogen) atoms. The summed E-state index contributed by atoms with van der Waals surface area (Å²) in [5, 5.41) is 3.19. The van der Waals surface area contributed by atoms with Gasteiger partial charge in [-0.05, 0) is 37.7 Å². The standard InChI is InChI=1S/C25H31F3N6O/c1-17-12-33(22-11-29-10-21(31-22)25(26,27)28)13-18(2)34(17)23(35)30-20-8-24(9-20)15-32(16-24)14-19-6-4-3-5-7-19/h3-7,10-11,17-18,20H,8-9,12-16H2,1-2H3,(H,30,35)/t17-,18+. The third kappa shape index (κ3) is 4.94. The molecule has 3 heterocycles. The molecule has 7 nitrogen and oxygen atoms in total. The van der Waals surface area contributed by atoms with Gasteiger partial charge in [0, 0.05) is 50.8 Å². The summed E-state index contributed by atoms with van der Waals surface area (Å²) in [6, 6.07) is 10.2. The summed E-state index contributed by atoms with van der Waals surface area (Å²) in [5.74, 6) is 0.185. The van der Waals surface area contributed by atoms with Crippen LogP contribution in [0.1, 0.15) is 37.9 Å². The Morgan fingerprint density at radius 3 is 2.37 bits per heavy atom. The molecule has 0 unspecified atom stereocenters. The van der Waals surface area contributed by atoms with E-state index < -0.39 is 11.9 Å². The van der Waals surface area contributed by atoms with Crippen molar-refractivity contribution in [2.24, 2.45) is 5.41 Å². The van der Waals surface area contributed by atoms with E-state index in [0.717, 1.165) is 38.7 Å². The number of aromatic nitrogens is 2. The first-order chi connectivity index (χ1) is 16.6. The summed E-state index contributed by atoms with van der Waals surface area (Å²) in [6.45, 7) is 7.73. The van der Waals surface area contributed by atoms with Gasteiger partial charge in [0.15, 0.2) is 5.69 Å². The predicted molar refractivity (Wildman–Crippen MR) is 126 cm³/mol. The van der Waals surface area contributed by atoms with Crippen LogP contribution in [0.4, 0.5) is 23.8 Å². The number of amides is 2. The van der Waals surface area contributed by atoms with Gasteiger partial charge in [0.1, 0.15) is 5.82 Å². The number of anilines is 1. The Morgan fingerprint density at radius 2 is 1.74 bits per heavy atom. The number of piperazine rings is 1. The van der Waals surface area contributed by atoms with Crippen LogP contribution in [0.3, 0.4) is 0 Å². The molecule has 0 radical (unpaired) electrons. The first-order valence-corrected chi connectivity index (χ1v) is 12.1. The van der Waals surface area contributed by atoms with Gasteiger partial charge in [-0.1, -0.05) is 30.3 Å². The van der Waals surface area contributed by atoms with E-state index in [1.54, 1.807) is 4.90 Å². The number of halogens is 3. The smallest absolute Gasteiger partial charge is 0.351 e. The van der Waals surface area contributed by atoms with Crippen molar-refractivity contribution < 1.29 is 18.0 Å². The first kappa shape index (κ1) is 23.8. The van der Waals surface area contributed by atoms with Crippen LogP contribution in [0, 0.1) is 5.41 Å². The zero-order chi connectivity index (χ0) is 24.8.